The van der Waals surface area contributed by atoms with Gasteiger partial charge in [-0.05, 0) is 45.4 Å². The highest BCUT2D eigenvalue weighted by Gasteiger charge is 2.34. The zero-order valence-corrected chi connectivity index (χ0v) is 16.5. The summed E-state index contributed by atoms with van der Waals surface area (Å²) in [6, 6.07) is 8.91. The molecule has 3 aromatic heterocycles. The molecule has 0 N–H and O–H groups in total. The van der Waals surface area contributed by atoms with E-state index in [4.69, 9.17) is 9.40 Å². The summed E-state index contributed by atoms with van der Waals surface area (Å²) in [7, 11) is 0. The van der Waals surface area contributed by atoms with Crippen LogP contribution in [-0.2, 0) is 0 Å². The summed E-state index contributed by atoms with van der Waals surface area (Å²) in [6.45, 7) is 9.56. The lowest BCUT2D eigenvalue weighted by Crippen LogP contribution is -2.50. The molecular weight excluding hydrogens is 350 g/mol. The quantitative estimate of drug-likeness (QED) is 0.501. The summed E-state index contributed by atoms with van der Waals surface area (Å²) < 4.78 is 6.23. The van der Waals surface area contributed by atoms with Crippen LogP contribution in [0.5, 0.6) is 0 Å². The van der Waals surface area contributed by atoms with Crippen LogP contribution in [0.4, 0.5) is 17.3 Å². The lowest BCUT2D eigenvalue weighted by molar-refractivity contribution is 0.548. The normalized spacial score (nSPS) is 17.0. The van der Waals surface area contributed by atoms with E-state index in [1.54, 1.807) is 18.6 Å². The average molecular weight is 373 g/mol. The molecule has 0 aliphatic carbocycles. The molecule has 0 bridgehead atoms. The molecule has 142 valence electrons. The standard InChI is InChI=1S/C22H23N5O/c1-13(2)27-15(4)12-26(20-21(27)24-11-10-23-20)18-14(3)7-8-16-17-6-5-9-25-22(17)28-19(16)18/h5-11,13,15H,12H2,1-4H3/t15-/m1/s1. The first-order valence-corrected chi connectivity index (χ1v) is 9.70. The number of anilines is 3. The van der Waals surface area contributed by atoms with Gasteiger partial charge in [0.25, 0.3) is 0 Å². The third kappa shape index (κ3) is 2.37. The van der Waals surface area contributed by atoms with Crippen molar-refractivity contribution in [3.05, 3.63) is 48.4 Å². The first kappa shape index (κ1) is 17.0. The number of pyridine rings is 1. The second kappa shape index (κ2) is 6.19. The Morgan fingerprint density at radius 2 is 1.79 bits per heavy atom. The molecule has 6 heteroatoms. The predicted octanol–water partition coefficient (Wildman–Crippen LogP) is 4.83. The molecule has 6 nitrogen and oxygen atoms in total. The number of rotatable bonds is 2. The van der Waals surface area contributed by atoms with E-state index in [1.165, 1.54) is 0 Å². The second-order valence-electron chi connectivity index (χ2n) is 7.73. The molecule has 1 aliphatic heterocycles. The van der Waals surface area contributed by atoms with E-state index < -0.39 is 0 Å². The van der Waals surface area contributed by atoms with Crippen molar-refractivity contribution in [3.8, 4) is 0 Å². The largest absolute Gasteiger partial charge is 0.435 e. The van der Waals surface area contributed by atoms with Crippen molar-refractivity contribution in [1.29, 1.82) is 0 Å². The average Bonchev–Trinajstić information content (AvgIpc) is 3.05. The summed E-state index contributed by atoms with van der Waals surface area (Å²) in [5.74, 6) is 1.79. The lowest BCUT2D eigenvalue weighted by Gasteiger charge is -2.43. The Hall–Kier alpha value is -3.15. The van der Waals surface area contributed by atoms with Gasteiger partial charge in [-0.2, -0.15) is 0 Å². The minimum Gasteiger partial charge on any atom is -0.435 e. The summed E-state index contributed by atoms with van der Waals surface area (Å²) >= 11 is 0. The topological polar surface area (TPSA) is 58.3 Å². The molecule has 28 heavy (non-hydrogen) atoms. The van der Waals surface area contributed by atoms with Crippen LogP contribution >= 0.6 is 0 Å². The van der Waals surface area contributed by atoms with Gasteiger partial charge in [-0.1, -0.05) is 12.1 Å². The van der Waals surface area contributed by atoms with Gasteiger partial charge in [-0.3, -0.25) is 0 Å². The number of hydrogen-bond acceptors (Lipinski definition) is 6. The zero-order valence-electron chi connectivity index (χ0n) is 16.5. The van der Waals surface area contributed by atoms with Crippen LogP contribution in [0.25, 0.3) is 22.1 Å². The van der Waals surface area contributed by atoms with E-state index in [2.05, 4.69) is 65.7 Å². The third-order valence-corrected chi connectivity index (χ3v) is 5.50. The molecule has 5 rings (SSSR count). The highest BCUT2D eigenvalue weighted by molar-refractivity contribution is 6.09. The predicted molar refractivity (Wildman–Crippen MR) is 112 cm³/mol. The Labute approximate surface area is 163 Å². The van der Waals surface area contributed by atoms with Crippen molar-refractivity contribution < 1.29 is 4.42 Å². The first-order valence-electron chi connectivity index (χ1n) is 9.70. The van der Waals surface area contributed by atoms with Crippen molar-refractivity contribution >= 4 is 39.4 Å². The highest BCUT2D eigenvalue weighted by Crippen LogP contribution is 2.43. The molecule has 0 saturated heterocycles. The highest BCUT2D eigenvalue weighted by atomic mass is 16.3. The van der Waals surface area contributed by atoms with Gasteiger partial charge in [-0.15, -0.1) is 0 Å². The number of furan rings is 1. The molecule has 1 aromatic carbocycles. The zero-order chi connectivity index (χ0) is 19.4. The Kier molecular flexibility index (Phi) is 3.75. The molecular formula is C22H23N5O. The maximum Gasteiger partial charge on any atom is 0.227 e. The molecule has 0 spiro atoms. The van der Waals surface area contributed by atoms with E-state index in [-0.39, 0.29) is 0 Å². The van der Waals surface area contributed by atoms with Crippen LogP contribution in [0.2, 0.25) is 0 Å². The second-order valence-corrected chi connectivity index (χ2v) is 7.73. The number of hydrogen-bond donors (Lipinski definition) is 0. The summed E-state index contributed by atoms with van der Waals surface area (Å²) in [6.07, 6.45) is 5.29. The van der Waals surface area contributed by atoms with E-state index >= 15 is 0 Å². The fraction of sp³-hybridized carbons (Fsp3) is 0.318. The van der Waals surface area contributed by atoms with Crippen LogP contribution in [0.3, 0.4) is 0 Å². The van der Waals surface area contributed by atoms with Gasteiger partial charge in [0.15, 0.2) is 17.2 Å². The van der Waals surface area contributed by atoms with E-state index in [1.807, 2.05) is 6.07 Å². The monoisotopic (exact) mass is 373 g/mol. The van der Waals surface area contributed by atoms with Crippen molar-refractivity contribution in [2.45, 2.75) is 39.8 Å². The van der Waals surface area contributed by atoms with Crippen molar-refractivity contribution in [2.24, 2.45) is 0 Å². The molecule has 1 aliphatic rings. The van der Waals surface area contributed by atoms with Crippen LogP contribution in [-0.4, -0.2) is 33.6 Å². The summed E-state index contributed by atoms with van der Waals surface area (Å²) in [4.78, 5) is 18.4. The molecule has 1 atom stereocenters. The Morgan fingerprint density at radius 1 is 1.00 bits per heavy atom. The van der Waals surface area contributed by atoms with Crippen molar-refractivity contribution in [1.82, 2.24) is 15.0 Å². The lowest BCUT2D eigenvalue weighted by atomic mass is 10.1. The summed E-state index contributed by atoms with van der Waals surface area (Å²) in [5.41, 5.74) is 3.72. The molecule has 0 unspecified atom stereocenters. The molecule has 0 amide bonds. The molecule has 4 aromatic rings. The fourth-order valence-corrected chi connectivity index (χ4v) is 4.39. The SMILES string of the molecule is Cc1ccc2c(oc3ncccc32)c1N1C[C@@H](C)N(C(C)C)c2nccnc21. The number of fused-ring (bicyclic) bond motifs is 4. The van der Waals surface area contributed by atoms with Gasteiger partial charge in [0.1, 0.15) is 0 Å². The Morgan fingerprint density at radius 3 is 2.57 bits per heavy atom. The first-order chi connectivity index (χ1) is 13.6. The van der Waals surface area contributed by atoms with E-state index in [9.17, 15) is 0 Å². The number of benzene rings is 1. The van der Waals surface area contributed by atoms with Gasteiger partial charge < -0.3 is 14.2 Å². The third-order valence-electron chi connectivity index (χ3n) is 5.50. The molecule has 4 heterocycles. The minimum atomic E-state index is 0.293. The van der Waals surface area contributed by atoms with Gasteiger partial charge in [0.05, 0.1) is 5.69 Å². The fourth-order valence-electron chi connectivity index (χ4n) is 4.39. The van der Waals surface area contributed by atoms with Gasteiger partial charge in [-0.25, -0.2) is 15.0 Å². The Bertz CT molecular complexity index is 1180. The van der Waals surface area contributed by atoms with E-state index in [0.717, 1.165) is 45.8 Å². The van der Waals surface area contributed by atoms with Crippen LogP contribution in [0.1, 0.15) is 26.3 Å². The number of nitrogens with zero attached hydrogens (tertiary/aromatic N) is 5. The van der Waals surface area contributed by atoms with Crippen molar-refractivity contribution in [3.63, 3.8) is 0 Å². The van der Waals surface area contributed by atoms with E-state index in [0.29, 0.717) is 17.8 Å². The van der Waals surface area contributed by atoms with Gasteiger partial charge in [0.2, 0.25) is 5.71 Å². The molecule has 0 fully saturated rings. The maximum atomic E-state index is 6.23. The smallest absolute Gasteiger partial charge is 0.227 e. The summed E-state index contributed by atoms with van der Waals surface area (Å²) in [5, 5.41) is 2.11. The van der Waals surface area contributed by atoms with Gasteiger partial charge in [0, 0.05) is 48.0 Å². The Balaban J connectivity index is 1.78. The van der Waals surface area contributed by atoms with Crippen LogP contribution < -0.4 is 9.80 Å². The molecule has 0 saturated carbocycles. The van der Waals surface area contributed by atoms with Crippen LogP contribution in [0.15, 0.2) is 47.3 Å². The van der Waals surface area contributed by atoms with Gasteiger partial charge >= 0.3 is 0 Å². The molecule has 0 radical (unpaired) electrons. The minimum absolute atomic E-state index is 0.293. The number of aryl methyl sites for hydroxylation is 1. The maximum absolute atomic E-state index is 6.23. The van der Waals surface area contributed by atoms with Crippen molar-refractivity contribution in [2.75, 3.05) is 16.3 Å². The van der Waals surface area contributed by atoms with Crippen LogP contribution in [0, 0.1) is 6.92 Å². The number of aromatic nitrogens is 3.